The fraction of sp³-hybridized carbons (Fsp3) is 0.0238. The topological polar surface area (TPSA) is 71.5 Å². The van der Waals surface area contributed by atoms with E-state index in [0.29, 0.717) is 0 Å². The van der Waals surface area contributed by atoms with Crippen LogP contribution in [0.2, 0.25) is 0 Å². The monoisotopic (exact) mass is 1740 g/mol. The van der Waals surface area contributed by atoms with Crippen molar-refractivity contribution in [3.63, 3.8) is 0 Å². The van der Waals surface area contributed by atoms with Gasteiger partial charge in [0.15, 0.2) is 0 Å². The number of hydrogen-bond acceptors (Lipinski definition) is 5. The van der Waals surface area contributed by atoms with E-state index >= 15 is 0 Å². The summed E-state index contributed by atoms with van der Waals surface area (Å²) in [6, 6.07) is 154. The maximum Gasteiger partial charge on any atom is 0.143 e. The Bertz CT molecular complexity index is 10100. The number of rotatable bonds is 7. The summed E-state index contributed by atoms with van der Waals surface area (Å²) in [5.74, 6) is 0. The Morgan fingerprint density at radius 3 is 1.15 bits per heavy atom. The Kier molecular flexibility index (Phi) is 16.9. The number of furan rings is 1. The molecule has 0 unspecified atom stereocenters. The van der Waals surface area contributed by atoms with Crippen LogP contribution in [-0.2, 0) is 5.41 Å². The van der Waals surface area contributed by atoms with Crippen molar-refractivity contribution in [2.45, 2.75) is 19.3 Å². The third-order valence-corrected chi connectivity index (χ3v) is 29.9. The predicted molar refractivity (Wildman–Crippen MR) is 569 cm³/mol. The highest BCUT2D eigenvalue weighted by molar-refractivity contribution is 7.25. The summed E-state index contributed by atoms with van der Waals surface area (Å²) in [6.07, 6.45) is 5.68. The van der Waals surface area contributed by atoms with Crippen molar-refractivity contribution in [1.29, 1.82) is 0 Å². The first kappa shape index (κ1) is 76.5. The van der Waals surface area contributed by atoms with Gasteiger partial charge in [-0.25, -0.2) is 0 Å². The molecular weight excluding hydrogens is 1660 g/mol. The van der Waals surface area contributed by atoms with Gasteiger partial charge < -0.3 is 22.7 Å². The number of pyridine rings is 3. The van der Waals surface area contributed by atoms with Gasteiger partial charge >= 0.3 is 0 Å². The molecule has 8 nitrogen and oxygen atoms in total. The second kappa shape index (κ2) is 29.8. The lowest BCUT2D eigenvalue weighted by atomic mass is 9.82. The zero-order valence-corrected chi connectivity index (χ0v) is 74.4. The quantitative estimate of drug-likeness (QED) is 0.149. The summed E-state index contributed by atoms with van der Waals surface area (Å²) in [4.78, 5) is 14.5. The maximum atomic E-state index is 6.39. The highest BCUT2D eigenvalue weighted by Gasteiger charge is 2.37. The third kappa shape index (κ3) is 11.7. The van der Waals surface area contributed by atoms with Crippen LogP contribution in [0, 0.1) is 0 Å². The summed E-state index contributed by atoms with van der Waals surface area (Å²) in [5, 5.41) is 25.5. The number of thiophene rings is 1. The molecule has 0 aliphatic heterocycles. The number of benzene rings is 20. The van der Waals surface area contributed by atoms with Crippen LogP contribution in [0.15, 0.2) is 448 Å². The van der Waals surface area contributed by atoms with Crippen molar-refractivity contribution < 1.29 is 4.42 Å². The molecule has 29 aromatic rings. The first-order valence-electron chi connectivity index (χ1n) is 46.2. The van der Waals surface area contributed by atoms with Crippen molar-refractivity contribution in [3.8, 4) is 67.3 Å². The summed E-state index contributed by atoms with van der Waals surface area (Å²) in [5.41, 5.74) is 31.7. The molecule has 20 aromatic carbocycles. The molecule has 0 N–H and O–H groups in total. The van der Waals surface area contributed by atoms with E-state index in [-0.39, 0.29) is 5.41 Å². The van der Waals surface area contributed by atoms with Gasteiger partial charge in [0.05, 0.1) is 77.7 Å². The molecule has 0 radical (unpaired) electrons. The van der Waals surface area contributed by atoms with Gasteiger partial charge in [0.25, 0.3) is 0 Å². The molecule has 0 bridgehead atoms. The molecule has 9 aromatic heterocycles. The van der Waals surface area contributed by atoms with Crippen LogP contribution < -0.4 is 0 Å². The van der Waals surface area contributed by atoms with E-state index in [1.165, 1.54) is 190 Å². The van der Waals surface area contributed by atoms with Crippen molar-refractivity contribution in [3.05, 3.63) is 454 Å². The minimum Gasteiger partial charge on any atom is -0.455 e. The fourth-order valence-electron chi connectivity index (χ4n) is 22.6. The van der Waals surface area contributed by atoms with Gasteiger partial charge in [-0.15, -0.1) is 11.3 Å². The first-order valence-corrected chi connectivity index (χ1v) is 47.1. The molecule has 0 amide bonds. The number of fused-ring (bicyclic) bond motifs is 30. The minimum atomic E-state index is -0.0759. The van der Waals surface area contributed by atoms with Crippen molar-refractivity contribution >= 4 is 206 Å². The van der Waals surface area contributed by atoms with Gasteiger partial charge in [-0.05, 0) is 218 Å². The summed E-state index contributed by atoms with van der Waals surface area (Å²) in [6.45, 7) is 4.73. The second-order valence-electron chi connectivity index (χ2n) is 36.4. The second-order valence-corrected chi connectivity index (χ2v) is 37.5. The van der Waals surface area contributed by atoms with E-state index in [1.807, 2.05) is 60.3 Å². The van der Waals surface area contributed by atoms with E-state index in [2.05, 4.69) is 426 Å². The molecule has 0 saturated carbocycles. The Morgan fingerprint density at radius 1 is 0.230 bits per heavy atom. The highest BCUT2D eigenvalue weighted by atomic mass is 32.1. The van der Waals surface area contributed by atoms with Gasteiger partial charge in [-0.1, -0.05) is 287 Å². The number of nitrogens with zero attached hydrogens (tertiary/aromatic N) is 7. The zero-order valence-electron chi connectivity index (χ0n) is 73.6. The van der Waals surface area contributed by atoms with Crippen LogP contribution in [0.5, 0.6) is 0 Å². The van der Waals surface area contributed by atoms with E-state index in [1.54, 1.807) is 0 Å². The van der Waals surface area contributed by atoms with Gasteiger partial charge in [0.1, 0.15) is 11.2 Å². The molecule has 9 heteroatoms. The highest BCUT2D eigenvalue weighted by Crippen LogP contribution is 2.53. The van der Waals surface area contributed by atoms with E-state index < -0.39 is 0 Å². The molecule has 1 aliphatic rings. The molecule has 30 rings (SSSR count). The van der Waals surface area contributed by atoms with E-state index in [4.69, 9.17) is 19.4 Å². The van der Waals surface area contributed by atoms with Crippen molar-refractivity contribution in [2.75, 3.05) is 0 Å². The summed E-state index contributed by atoms with van der Waals surface area (Å²) < 4.78 is 18.8. The molecular formula is C126H79N7OS. The van der Waals surface area contributed by atoms with E-state index in [0.717, 1.165) is 82.8 Å². The van der Waals surface area contributed by atoms with Crippen molar-refractivity contribution in [2.24, 2.45) is 0 Å². The maximum absolute atomic E-state index is 6.39. The molecule has 0 atom stereocenters. The largest absolute Gasteiger partial charge is 0.455 e. The van der Waals surface area contributed by atoms with E-state index in [9.17, 15) is 0 Å². The molecule has 630 valence electrons. The smallest absolute Gasteiger partial charge is 0.143 e. The first-order chi connectivity index (χ1) is 66.7. The Balaban J connectivity index is 0.000000103. The lowest BCUT2D eigenvalue weighted by molar-refractivity contribution is 0.661. The molecule has 9 heterocycles. The lowest BCUT2D eigenvalue weighted by Gasteiger charge is -2.21. The Labute approximate surface area is 778 Å². The number of para-hydroxylation sites is 6. The van der Waals surface area contributed by atoms with Gasteiger partial charge in [-0.2, -0.15) is 0 Å². The lowest BCUT2D eigenvalue weighted by Crippen LogP contribution is -2.14. The Morgan fingerprint density at radius 2 is 0.607 bits per heavy atom. The van der Waals surface area contributed by atoms with Gasteiger partial charge in [0, 0.05) is 142 Å². The van der Waals surface area contributed by atoms with Crippen LogP contribution in [0.1, 0.15) is 25.0 Å². The SMILES string of the molecule is CC1(C)c2ccccc2-c2cc3c4cc(-c5ccc6c(c5)c5ccccc5n6-c5cccc6ccc7cccnc7c56)ccc4n(-c4ccccc4)c3cc21.c1cnc2c(c1)ccc1cccc(-n3c4ccccc4c4cc(-c5ccc6sc7ccccc7c6c5)ccc43)c12.c1cnc2c(c1)ccc1cccc(-n3c4ccccc4c4cc(-c5cccc6c5oc5ccccc56)ccc43)c12. The molecule has 0 fully saturated rings. The van der Waals surface area contributed by atoms with Crippen molar-refractivity contribution in [1.82, 2.24) is 33.2 Å². The zero-order chi connectivity index (χ0) is 88.8. The average molecular weight is 1740 g/mol. The third-order valence-electron chi connectivity index (χ3n) is 28.8. The molecule has 0 saturated heterocycles. The van der Waals surface area contributed by atoms with Gasteiger partial charge in [-0.3, -0.25) is 15.0 Å². The average Bonchev–Trinajstić information content (AvgIpc) is 1.54. The molecule has 1 aliphatic carbocycles. The summed E-state index contributed by atoms with van der Waals surface area (Å²) in [7, 11) is 0. The van der Waals surface area contributed by atoms with Crippen LogP contribution >= 0.6 is 11.3 Å². The standard InChI is InChI=1S/C52H35N3.C37H22N2O.C37H22N2S/c1-52(2)43-18-8-6-16-37(43)39-30-42-41-29-35(23-25-46(41)54(49(42)31-44(39)52)36-14-4-3-5-15-36)34-24-26-47-40(28-34)38-17-7-9-19-45(38)55(47)48-20-10-12-32-21-22-33-13-11-27-53-51(33)50(32)48;1-3-14-31-27(10-1)30-22-25(26-12-6-13-29-28-11-2-4-16-34(28)40-37(26)29)19-20-32(30)39(31)33-15-5-8-23-17-18-24-9-7-21-38-36(24)35(23)33;1-3-11-31-27(9-1)29-21-25(26-17-19-35-30(22-26)28-10-2-4-13-34(28)40-35)16-18-32(29)39(31)33-12-5-7-23-14-15-24-8-6-20-38-37(24)36(23)33/h3-31H,1-2H3;2*1-22H. The fourth-order valence-corrected chi connectivity index (χ4v) is 23.7. The minimum absolute atomic E-state index is 0.0759. The van der Waals surface area contributed by atoms with Crippen LogP contribution in [-0.4, -0.2) is 33.2 Å². The van der Waals surface area contributed by atoms with Crippen LogP contribution in [0.4, 0.5) is 0 Å². The molecule has 0 spiro atoms. The number of aromatic nitrogens is 7. The van der Waals surface area contributed by atoms with Crippen LogP contribution in [0.25, 0.3) is 262 Å². The Hall–Kier alpha value is -17.4. The molecule has 135 heavy (non-hydrogen) atoms. The number of hydrogen-bond donors (Lipinski definition) is 0. The predicted octanol–water partition coefficient (Wildman–Crippen LogP) is 34.1. The van der Waals surface area contributed by atoms with Crippen LogP contribution in [0.3, 0.4) is 0 Å². The summed E-state index contributed by atoms with van der Waals surface area (Å²) >= 11 is 1.86. The normalized spacial score (nSPS) is 12.6. The van der Waals surface area contributed by atoms with Gasteiger partial charge in [0.2, 0.25) is 0 Å².